The van der Waals surface area contributed by atoms with E-state index < -0.39 is 0 Å². The van der Waals surface area contributed by atoms with E-state index in [1.165, 1.54) is 57.5 Å². The van der Waals surface area contributed by atoms with Crippen LogP contribution in [0.2, 0.25) is 0 Å². The van der Waals surface area contributed by atoms with Crippen LogP contribution in [0.4, 0.5) is 0 Å². The second kappa shape index (κ2) is 4.51. The van der Waals surface area contributed by atoms with Crippen molar-refractivity contribution in [3.8, 4) is 0 Å². The molecule has 0 aromatic rings. The fourth-order valence-corrected chi connectivity index (χ4v) is 4.32. The molecule has 0 aromatic heterocycles. The Labute approximate surface area is 104 Å². The zero-order chi connectivity index (χ0) is 11.0. The fraction of sp³-hybridized carbons (Fsp3) is 1.00. The van der Waals surface area contributed by atoms with Gasteiger partial charge in [0, 0.05) is 36.5 Å². The van der Waals surface area contributed by atoms with Gasteiger partial charge in [-0.3, -0.25) is 4.90 Å². The molecular formula is C13H24N2S. The number of rotatable bonds is 4. The first kappa shape index (κ1) is 11.4. The minimum atomic E-state index is 0.535. The Morgan fingerprint density at radius 3 is 2.94 bits per heavy atom. The van der Waals surface area contributed by atoms with E-state index in [0.29, 0.717) is 4.75 Å². The maximum Gasteiger partial charge on any atom is 0.0256 e. The van der Waals surface area contributed by atoms with E-state index in [-0.39, 0.29) is 0 Å². The van der Waals surface area contributed by atoms with Crippen LogP contribution in [0, 0.1) is 0 Å². The zero-order valence-electron chi connectivity index (χ0n) is 10.4. The summed E-state index contributed by atoms with van der Waals surface area (Å²) in [5, 5.41) is 3.81. The number of nitrogens with one attached hydrogen (secondary N) is 1. The lowest BCUT2D eigenvalue weighted by atomic mass is 10.1. The normalized spacial score (nSPS) is 40.7. The van der Waals surface area contributed by atoms with Crippen molar-refractivity contribution < 1.29 is 0 Å². The van der Waals surface area contributed by atoms with Crippen LogP contribution in [0.1, 0.15) is 39.0 Å². The summed E-state index contributed by atoms with van der Waals surface area (Å²) in [5.74, 6) is 1.37. The Bertz CT molecular complexity index is 246. The van der Waals surface area contributed by atoms with Crippen molar-refractivity contribution in [1.29, 1.82) is 0 Å². The first-order chi connectivity index (χ1) is 7.75. The van der Waals surface area contributed by atoms with Crippen LogP contribution in [0.25, 0.3) is 0 Å². The summed E-state index contributed by atoms with van der Waals surface area (Å²) in [6.45, 7) is 6.31. The van der Waals surface area contributed by atoms with E-state index >= 15 is 0 Å². The van der Waals surface area contributed by atoms with Gasteiger partial charge in [-0.25, -0.2) is 0 Å². The van der Waals surface area contributed by atoms with Crippen molar-refractivity contribution >= 4 is 11.8 Å². The van der Waals surface area contributed by atoms with Crippen molar-refractivity contribution in [3.63, 3.8) is 0 Å². The number of thioether (sulfide) groups is 1. The Kier molecular flexibility index (Phi) is 3.20. The third-order valence-electron chi connectivity index (χ3n) is 4.35. The molecule has 0 radical (unpaired) electrons. The van der Waals surface area contributed by atoms with Gasteiger partial charge in [0.25, 0.3) is 0 Å². The monoisotopic (exact) mass is 240 g/mol. The van der Waals surface area contributed by atoms with Gasteiger partial charge in [0.1, 0.15) is 0 Å². The fourth-order valence-electron chi connectivity index (χ4n) is 3.06. The summed E-state index contributed by atoms with van der Waals surface area (Å²) in [5.41, 5.74) is 0. The number of likely N-dealkylation sites (tertiary alicyclic amines) is 1. The largest absolute Gasteiger partial charge is 0.311 e. The number of hydrogen-bond donors (Lipinski definition) is 1. The first-order valence-electron chi connectivity index (χ1n) is 6.87. The van der Waals surface area contributed by atoms with Crippen LogP contribution in [0.5, 0.6) is 0 Å². The molecule has 0 bridgehead atoms. The zero-order valence-corrected chi connectivity index (χ0v) is 11.2. The molecule has 2 atom stereocenters. The minimum Gasteiger partial charge on any atom is -0.311 e. The molecule has 16 heavy (non-hydrogen) atoms. The average molecular weight is 240 g/mol. The summed E-state index contributed by atoms with van der Waals surface area (Å²) < 4.78 is 0.535. The number of nitrogens with zero attached hydrogens (tertiary/aromatic N) is 1. The van der Waals surface area contributed by atoms with Crippen LogP contribution >= 0.6 is 11.8 Å². The van der Waals surface area contributed by atoms with Crippen molar-refractivity contribution in [2.24, 2.45) is 0 Å². The highest BCUT2D eigenvalue weighted by atomic mass is 32.2. The van der Waals surface area contributed by atoms with E-state index in [9.17, 15) is 0 Å². The van der Waals surface area contributed by atoms with Crippen molar-refractivity contribution in [3.05, 3.63) is 0 Å². The molecule has 0 spiro atoms. The molecule has 1 aliphatic carbocycles. The third kappa shape index (κ3) is 2.57. The van der Waals surface area contributed by atoms with Gasteiger partial charge in [-0.1, -0.05) is 0 Å². The quantitative estimate of drug-likeness (QED) is 0.810. The maximum absolute atomic E-state index is 3.81. The van der Waals surface area contributed by atoms with E-state index in [4.69, 9.17) is 0 Å². The molecule has 1 saturated carbocycles. The summed E-state index contributed by atoms with van der Waals surface area (Å²) in [6.07, 6.45) is 7.11. The Hall–Kier alpha value is 0.270. The van der Waals surface area contributed by atoms with Crippen molar-refractivity contribution in [2.75, 3.05) is 25.4 Å². The van der Waals surface area contributed by atoms with Gasteiger partial charge >= 0.3 is 0 Å². The van der Waals surface area contributed by atoms with Gasteiger partial charge in [-0.2, -0.15) is 11.8 Å². The standard InChI is InChI=1S/C13H24N2S/c1-13(6-2-8-16-13)10-14-11-5-7-15(9-11)12-3-4-12/h11-12,14H,2-10H2,1H3. The van der Waals surface area contributed by atoms with Gasteiger partial charge < -0.3 is 5.32 Å². The highest BCUT2D eigenvalue weighted by Gasteiger charge is 2.35. The van der Waals surface area contributed by atoms with Gasteiger partial charge in [0.15, 0.2) is 0 Å². The lowest BCUT2D eigenvalue weighted by molar-refractivity contribution is 0.316. The summed E-state index contributed by atoms with van der Waals surface area (Å²) in [6, 6.07) is 1.74. The molecule has 3 heteroatoms. The van der Waals surface area contributed by atoms with Crippen LogP contribution in [0.15, 0.2) is 0 Å². The van der Waals surface area contributed by atoms with E-state index in [1.54, 1.807) is 0 Å². The topological polar surface area (TPSA) is 15.3 Å². The molecule has 3 rings (SSSR count). The molecule has 2 heterocycles. The molecule has 2 nitrogen and oxygen atoms in total. The van der Waals surface area contributed by atoms with Crippen LogP contribution in [-0.2, 0) is 0 Å². The lowest BCUT2D eigenvalue weighted by Gasteiger charge is -2.25. The molecular weight excluding hydrogens is 216 g/mol. The molecule has 2 aliphatic heterocycles. The SMILES string of the molecule is CC1(CNC2CCN(C3CC3)C2)CCCS1. The van der Waals surface area contributed by atoms with Gasteiger partial charge in [0.2, 0.25) is 0 Å². The Morgan fingerprint density at radius 1 is 1.38 bits per heavy atom. The minimum absolute atomic E-state index is 0.535. The van der Waals surface area contributed by atoms with Crippen molar-refractivity contribution in [1.82, 2.24) is 10.2 Å². The molecule has 3 fully saturated rings. The Balaban J connectivity index is 1.42. The summed E-state index contributed by atoms with van der Waals surface area (Å²) in [7, 11) is 0. The highest BCUT2D eigenvalue weighted by Crippen LogP contribution is 2.37. The number of hydrogen-bond acceptors (Lipinski definition) is 3. The van der Waals surface area contributed by atoms with Crippen LogP contribution in [-0.4, -0.2) is 47.1 Å². The van der Waals surface area contributed by atoms with E-state index in [2.05, 4.69) is 28.9 Å². The predicted molar refractivity (Wildman–Crippen MR) is 71.1 cm³/mol. The average Bonchev–Trinajstić information content (AvgIpc) is 2.87. The molecule has 92 valence electrons. The van der Waals surface area contributed by atoms with E-state index in [1.807, 2.05) is 0 Å². The second-order valence-electron chi connectivity index (χ2n) is 5.99. The van der Waals surface area contributed by atoms with Gasteiger partial charge in [-0.05, 0) is 44.8 Å². The molecule has 0 amide bonds. The van der Waals surface area contributed by atoms with Gasteiger partial charge in [0.05, 0.1) is 0 Å². The lowest BCUT2D eigenvalue weighted by Crippen LogP contribution is -2.41. The third-order valence-corrected chi connectivity index (χ3v) is 5.89. The second-order valence-corrected chi connectivity index (χ2v) is 7.68. The summed E-state index contributed by atoms with van der Waals surface area (Å²) in [4.78, 5) is 2.70. The first-order valence-corrected chi connectivity index (χ1v) is 7.85. The smallest absolute Gasteiger partial charge is 0.0256 e. The highest BCUT2D eigenvalue weighted by molar-refractivity contribution is 8.00. The molecule has 3 aliphatic rings. The van der Waals surface area contributed by atoms with Crippen molar-refractivity contribution in [2.45, 2.75) is 55.9 Å². The maximum atomic E-state index is 3.81. The molecule has 2 saturated heterocycles. The summed E-state index contributed by atoms with van der Waals surface area (Å²) >= 11 is 2.17. The van der Waals surface area contributed by atoms with Crippen LogP contribution in [0.3, 0.4) is 0 Å². The van der Waals surface area contributed by atoms with E-state index in [0.717, 1.165) is 12.1 Å². The Morgan fingerprint density at radius 2 is 2.25 bits per heavy atom. The van der Waals surface area contributed by atoms with Gasteiger partial charge in [-0.15, -0.1) is 0 Å². The molecule has 0 aromatic carbocycles. The van der Waals surface area contributed by atoms with Crippen LogP contribution < -0.4 is 5.32 Å². The molecule has 2 unspecified atom stereocenters. The molecule has 1 N–H and O–H groups in total. The predicted octanol–water partition coefficient (Wildman–Crippen LogP) is 2.10.